The van der Waals surface area contributed by atoms with Crippen molar-refractivity contribution in [3.63, 3.8) is 0 Å². The minimum atomic E-state index is 0.508. The maximum atomic E-state index is 5.61. The van der Waals surface area contributed by atoms with Gasteiger partial charge in [-0.05, 0) is 55.7 Å². The van der Waals surface area contributed by atoms with Crippen LogP contribution in [0, 0.1) is 18.3 Å². The van der Waals surface area contributed by atoms with Crippen LogP contribution in [0.4, 0.5) is 0 Å². The Morgan fingerprint density at radius 3 is 2.39 bits per heavy atom. The molecule has 1 nitrogen and oxygen atoms in total. The van der Waals surface area contributed by atoms with Crippen LogP contribution < -0.4 is 4.74 Å². The first-order valence-corrected chi connectivity index (χ1v) is 7.02. The zero-order valence-corrected chi connectivity index (χ0v) is 11.2. The quantitative estimate of drug-likeness (QED) is 0.712. The molecule has 1 aromatic carbocycles. The van der Waals surface area contributed by atoms with Crippen LogP contribution in [0.2, 0.25) is 0 Å². The molecule has 0 atom stereocenters. The summed E-state index contributed by atoms with van der Waals surface area (Å²) in [6.07, 6.45) is 11.3. The Balaban J connectivity index is 1.92. The summed E-state index contributed by atoms with van der Waals surface area (Å²) in [5.74, 6) is 5.07. The number of hydrogen-bond donors (Lipinski definition) is 0. The van der Waals surface area contributed by atoms with Crippen molar-refractivity contribution in [2.45, 2.75) is 44.9 Å². The van der Waals surface area contributed by atoms with Crippen molar-refractivity contribution in [3.05, 3.63) is 29.8 Å². The molecule has 18 heavy (non-hydrogen) atoms. The lowest BCUT2D eigenvalue weighted by atomic mass is 9.79. The van der Waals surface area contributed by atoms with Crippen LogP contribution in [-0.2, 0) is 0 Å². The molecule has 0 saturated heterocycles. The van der Waals surface area contributed by atoms with Gasteiger partial charge in [-0.3, -0.25) is 0 Å². The van der Waals surface area contributed by atoms with Crippen molar-refractivity contribution >= 4 is 0 Å². The summed E-state index contributed by atoms with van der Waals surface area (Å²) in [5.41, 5.74) is 1.44. The van der Waals surface area contributed by atoms with Crippen molar-refractivity contribution in [3.8, 4) is 18.1 Å². The molecule has 1 heteroatoms. The zero-order valence-electron chi connectivity index (χ0n) is 11.2. The third-order valence-electron chi connectivity index (χ3n) is 3.79. The van der Waals surface area contributed by atoms with Gasteiger partial charge in [0.05, 0.1) is 6.61 Å². The van der Waals surface area contributed by atoms with E-state index in [2.05, 4.69) is 37.1 Å². The first-order chi connectivity index (χ1) is 8.83. The second-order valence-corrected chi connectivity index (χ2v) is 5.13. The molecule has 1 aromatic rings. The Morgan fingerprint density at radius 2 is 1.83 bits per heavy atom. The van der Waals surface area contributed by atoms with Crippen molar-refractivity contribution in [2.24, 2.45) is 5.92 Å². The molecule has 1 saturated carbocycles. The number of ether oxygens (including phenoxy) is 1. The van der Waals surface area contributed by atoms with Crippen LogP contribution in [0.1, 0.15) is 50.5 Å². The number of benzene rings is 1. The van der Waals surface area contributed by atoms with E-state index in [1.54, 1.807) is 0 Å². The van der Waals surface area contributed by atoms with Crippen LogP contribution in [0.5, 0.6) is 5.75 Å². The van der Waals surface area contributed by atoms with E-state index in [1.165, 1.54) is 31.2 Å². The zero-order chi connectivity index (χ0) is 12.8. The lowest BCUT2D eigenvalue weighted by molar-refractivity contribution is 0.317. The van der Waals surface area contributed by atoms with E-state index >= 15 is 0 Å². The lowest BCUT2D eigenvalue weighted by Crippen LogP contribution is -2.11. The highest BCUT2D eigenvalue weighted by atomic mass is 16.5. The predicted octanol–water partition coefficient (Wildman–Crippen LogP) is 4.38. The van der Waals surface area contributed by atoms with Gasteiger partial charge in [-0.1, -0.05) is 19.1 Å². The fourth-order valence-corrected chi connectivity index (χ4v) is 2.65. The molecular formula is C17H22O. The molecule has 1 fully saturated rings. The number of rotatable bonds is 4. The second-order valence-electron chi connectivity index (χ2n) is 5.13. The summed E-state index contributed by atoms with van der Waals surface area (Å²) in [7, 11) is 0. The van der Waals surface area contributed by atoms with Crippen LogP contribution >= 0.6 is 0 Å². The second kappa shape index (κ2) is 6.50. The molecule has 0 spiro atoms. The highest BCUT2D eigenvalue weighted by molar-refractivity contribution is 5.29. The summed E-state index contributed by atoms with van der Waals surface area (Å²) in [6.45, 7) is 2.92. The summed E-state index contributed by atoms with van der Waals surface area (Å²) in [4.78, 5) is 0. The van der Waals surface area contributed by atoms with Gasteiger partial charge in [0.1, 0.15) is 5.75 Å². The number of terminal acetylenes is 1. The molecule has 0 radical (unpaired) electrons. The summed E-state index contributed by atoms with van der Waals surface area (Å²) in [5, 5.41) is 0. The van der Waals surface area contributed by atoms with Crippen LogP contribution in [-0.4, -0.2) is 6.61 Å². The monoisotopic (exact) mass is 242 g/mol. The van der Waals surface area contributed by atoms with Crippen molar-refractivity contribution in [1.29, 1.82) is 0 Å². The summed E-state index contributed by atoms with van der Waals surface area (Å²) < 4.78 is 5.61. The molecule has 0 heterocycles. The summed E-state index contributed by atoms with van der Waals surface area (Å²) >= 11 is 0. The van der Waals surface area contributed by atoms with E-state index in [4.69, 9.17) is 11.2 Å². The molecule has 2 rings (SSSR count). The molecule has 0 N–H and O–H groups in total. The smallest absolute Gasteiger partial charge is 0.119 e. The van der Waals surface area contributed by atoms with E-state index in [-0.39, 0.29) is 0 Å². The largest absolute Gasteiger partial charge is 0.494 e. The van der Waals surface area contributed by atoms with Gasteiger partial charge >= 0.3 is 0 Å². The minimum absolute atomic E-state index is 0.508. The minimum Gasteiger partial charge on any atom is -0.494 e. The normalized spacial score (nSPS) is 23.3. The van der Waals surface area contributed by atoms with E-state index in [1.807, 2.05) is 0 Å². The Labute approximate surface area is 111 Å². The van der Waals surface area contributed by atoms with E-state index in [0.29, 0.717) is 11.8 Å². The van der Waals surface area contributed by atoms with Gasteiger partial charge in [0, 0.05) is 5.92 Å². The fourth-order valence-electron chi connectivity index (χ4n) is 2.65. The Bertz CT molecular complexity index is 391. The van der Waals surface area contributed by atoms with Gasteiger partial charge < -0.3 is 4.74 Å². The Hall–Kier alpha value is -1.42. The number of hydrogen-bond acceptors (Lipinski definition) is 1. The molecule has 1 aliphatic rings. The molecular weight excluding hydrogens is 220 g/mol. The standard InChI is InChI=1S/C17H22O/c1-3-13-18-17-11-9-16(10-12-17)15-7-5-14(4-2)6-8-15/h2,9-12,14-15H,3,5-8,13H2,1H3/t14-,15-. The molecule has 1 aliphatic carbocycles. The van der Waals surface area contributed by atoms with Gasteiger partial charge in [0.15, 0.2) is 0 Å². The highest BCUT2D eigenvalue weighted by Crippen LogP contribution is 2.35. The van der Waals surface area contributed by atoms with E-state index in [0.717, 1.165) is 18.8 Å². The maximum Gasteiger partial charge on any atom is 0.119 e. The van der Waals surface area contributed by atoms with Gasteiger partial charge in [-0.2, -0.15) is 0 Å². The summed E-state index contributed by atoms with van der Waals surface area (Å²) in [6, 6.07) is 8.62. The van der Waals surface area contributed by atoms with Gasteiger partial charge in [-0.25, -0.2) is 0 Å². The van der Waals surface area contributed by atoms with E-state index < -0.39 is 0 Å². The first kappa shape index (κ1) is 13.0. The molecule has 0 bridgehead atoms. The predicted molar refractivity (Wildman–Crippen MR) is 75.8 cm³/mol. The van der Waals surface area contributed by atoms with Gasteiger partial charge in [-0.15, -0.1) is 12.3 Å². The lowest BCUT2D eigenvalue weighted by Gasteiger charge is -2.26. The Kier molecular flexibility index (Phi) is 4.70. The molecule has 0 unspecified atom stereocenters. The van der Waals surface area contributed by atoms with E-state index in [9.17, 15) is 0 Å². The van der Waals surface area contributed by atoms with Crippen molar-refractivity contribution in [2.75, 3.05) is 6.61 Å². The van der Waals surface area contributed by atoms with Crippen molar-refractivity contribution < 1.29 is 4.74 Å². The van der Waals surface area contributed by atoms with Gasteiger partial charge in [0.25, 0.3) is 0 Å². The molecule has 0 aliphatic heterocycles. The average Bonchev–Trinajstić information content (AvgIpc) is 2.46. The van der Waals surface area contributed by atoms with Crippen LogP contribution in [0.3, 0.4) is 0 Å². The van der Waals surface area contributed by atoms with Crippen LogP contribution in [0.15, 0.2) is 24.3 Å². The topological polar surface area (TPSA) is 9.23 Å². The average molecular weight is 242 g/mol. The SMILES string of the molecule is C#C[C@H]1CC[C@H](c2ccc(OCCC)cc2)CC1. The Morgan fingerprint density at radius 1 is 1.17 bits per heavy atom. The molecule has 0 aromatic heterocycles. The van der Waals surface area contributed by atoms with Crippen molar-refractivity contribution in [1.82, 2.24) is 0 Å². The third-order valence-corrected chi connectivity index (χ3v) is 3.79. The molecule has 0 amide bonds. The molecule has 96 valence electrons. The maximum absolute atomic E-state index is 5.61. The third kappa shape index (κ3) is 3.29. The van der Waals surface area contributed by atoms with Crippen LogP contribution in [0.25, 0.3) is 0 Å². The van der Waals surface area contributed by atoms with Gasteiger partial charge in [0.2, 0.25) is 0 Å². The highest BCUT2D eigenvalue weighted by Gasteiger charge is 2.20. The first-order valence-electron chi connectivity index (χ1n) is 7.02. The fraction of sp³-hybridized carbons (Fsp3) is 0.529.